The van der Waals surface area contributed by atoms with Crippen LogP contribution in [-0.4, -0.2) is 29.0 Å². The summed E-state index contributed by atoms with van der Waals surface area (Å²) in [7, 11) is 0. The van der Waals surface area contributed by atoms with Gasteiger partial charge in [0.25, 0.3) is 5.91 Å². The van der Waals surface area contributed by atoms with Crippen LogP contribution in [-0.2, 0) is 4.79 Å². The van der Waals surface area contributed by atoms with Gasteiger partial charge in [-0.15, -0.1) is 10.2 Å². The number of benzene rings is 2. The first kappa shape index (κ1) is 15.8. The number of carbonyl (C=O) groups excluding carboxylic acids is 2. The third-order valence-corrected chi connectivity index (χ3v) is 3.97. The van der Waals surface area contributed by atoms with E-state index in [0.717, 1.165) is 16.9 Å². The Hall–Kier alpha value is -3.06. The van der Waals surface area contributed by atoms with Crippen molar-refractivity contribution in [2.75, 3.05) is 11.9 Å². The van der Waals surface area contributed by atoms with Crippen LogP contribution >= 0.6 is 11.3 Å². The maximum Gasteiger partial charge on any atom is 0.264 e. The number of ether oxygens (including phenoxy) is 1. The fourth-order valence-electron chi connectivity index (χ4n) is 1.92. The van der Waals surface area contributed by atoms with Gasteiger partial charge in [0.1, 0.15) is 17.0 Å². The van der Waals surface area contributed by atoms with Gasteiger partial charge in [-0.25, -0.2) is 0 Å². The Morgan fingerprint density at radius 3 is 2.54 bits per heavy atom. The fourth-order valence-corrected chi connectivity index (χ4v) is 2.68. The number of aldehydes is 1. The first-order valence-electron chi connectivity index (χ1n) is 7.11. The highest BCUT2D eigenvalue weighted by molar-refractivity contribution is 7.18. The van der Waals surface area contributed by atoms with Crippen molar-refractivity contribution in [3.05, 3.63) is 60.2 Å². The SMILES string of the molecule is O=Cc1ccc(OCC(=O)Nc2nnc(-c3ccccc3)s2)cc1. The van der Waals surface area contributed by atoms with E-state index in [1.807, 2.05) is 30.3 Å². The zero-order chi connectivity index (χ0) is 16.8. The van der Waals surface area contributed by atoms with Crippen LogP contribution in [0.2, 0.25) is 0 Å². The maximum absolute atomic E-state index is 11.9. The van der Waals surface area contributed by atoms with Crippen LogP contribution < -0.4 is 10.1 Å². The summed E-state index contributed by atoms with van der Waals surface area (Å²) >= 11 is 1.29. The first-order valence-corrected chi connectivity index (χ1v) is 7.93. The summed E-state index contributed by atoms with van der Waals surface area (Å²) in [4.78, 5) is 22.5. The Morgan fingerprint density at radius 1 is 1.08 bits per heavy atom. The number of amides is 1. The number of carbonyl (C=O) groups is 2. The Balaban J connectivity index is 1.55. The molecule has 0 unspecified atom stereocenters. The summed E-state index contributed by atoms with van der Waals surface area (Å²) < 4.78 is 5.36. The maximum atomic E-state index is 11.9. The van der Waals surface area contributed by atoms with E-state index in [0.29, 0.717) is 16.4 Å². The van der Waals surface area contributed by atoms with Gasteiger partial charge in [0.2, 0.25) is 5.13 Å². The second kappa shape index (κ2) is 7.47. The van der Waals surface area contributed by atoms with Crippen LogP contribution in [0.4, 0.5) is 5.13 Å². The standard InChI is InChI=1S/C17H13N3O3S/c21-10-12-6-8-14(9-7-12)23-11-15(22)18-17-20-19-16(24-17)13-4-2-1-3-5-13/h1-10H,11H2,(H,18,20,22). The van der Waals surface area contributed by atoms with E-state index in [4.69, 9.17) is 4.74 Å². The van der Waals surface area contributed by atoms with Crippen molar-refractivity contribution >= 4 is 28.7 Å². The van der Waals surface area contributed by atoms with Crippen LogP contribution in [0.3, 0.4) is 0 Å². The van der Waals surface area contributed by atoms with Crippen molar-refractivity contribution in [3.63, 3.8) is 0 Å². The van der Waals surface area contributed by atoms with Crippen LogP contribution in [0.25, 0.3) is 10.6 Å². The van der Waals surface area contributed by atoms with Gasteiger partial charge in [-0.1, -0.05) is 41.7 Å². The Morgan fingerprint density at radius 2 is 1.83 bits per heavy atom. The smallest absolute Gasteiger partial charge is 0.264 e. The normalized spacial score (nSPS) is 10.2. The molecule has 0 bridgehead atoms. The van der Waals surface area contributed by atoms with E-state index in [-0.39, 0.29) is 12.5 Å². The average Bonchev–Trinajstić information content (AvgIpc) is 3.09. The lowest BCUT2D eigenvalue weighted by molar-refractivity contribution is -0.118. The second-order valence-corrected chi connectivity index (χ2v) is 5.78. The quantitative estimate of drug-likeness (QED) is 0.698. The van der Waals surface area contributed by atoms with E-state index in [1.54, 1.807) is 24.3 Å². The predicted molar refractivity (Wildman–Crippen MR) is 91.3 cm³/mol. The molecule has 0 atom stereocenters. The Bertz CT molecular complexity index is 832. The van der Waals surface area contributed by atoms with Gasteiger partial charge < -0.3 is 4.74 Å². The van der Waals surface area contributed by atoms with Gasteiger partial charge in [0, 0.05) is 11.1 Å². The molecule has 6 nitrogen and oxygen atoms in total. The summed E-state index contributed by atoms with van der Waals surface area (Å²) in [6.07, 6.45) is 0.746. The third kappa shape index (κ3) is 4.02. The van der Waals surface area contributed by atoms with Gasteiger partial charge in [0.15, 0.2) is 6.61 Å². The number of nitrogens with zero attached hydrogens (tertiary/aromatic N) is 2. The molecule has 0 aliphatic carbocycles. The molecule has 2 aromatic carbocycles. The molecule has 120 valence electrons. The van der Waals surface area contributed by atoms with Crippen molar-refractivity contribution in [1.29, 1.82) is 0 Å². The second-order valence-electron chi connectivity index (χ2n) is 4.80. The summed E-state index contributed by atoms with van der Waals surface area (Å²) in [5.74, 6) is 0.184. The largest absolute Gasteiger partial charge is 0.484 e. The number of nitrogens with one attached hydrogen (secondary N) is 1. The van der Waals surface area contributed by atoms with Gasteiger partial charge in [-0.3, -0.25) is 14.9 Å². The molecule has 1 heterocycles. The van der Waals surface area contributed by atoms with Gasteiger partial charge in [-0.2, -0.15) is 0 Å². The van der Waals surface area contributed by atoms with Crippen LogP contribution in [0.5, 0.6) is 5.75 Å². The number of anilines is 1. The molecular weight excluding hydrogens is 326 g/mol. The summed E-state index contributed by atoms with van der Waals surface area (Å²) in [6.45, 7) is -0.152. The predicted octanol–water partition coefficient (Wildman–Crippen LogP) is 3.04. The highest BCUT2D eigenvalue weighted by Crippen LogP contribution is 2.25. The van der Waals surface area contributed by atoms with Crippen molar-refractivity contribution in [2.45, 2.75) is 0 Å². The van der Waals surface area contributed by atoms with E-state index in [9.17, 15) is 9.59 Å². The van der Waals surface area contributed by atoms with Gasteiger partial charge in [-0.05, 0) is 24.3 Å². The molecule has 3 rings (SSSR count). The Labute approximate surface area is 142 Å². The lowest BCUT2D eigenvalue weighted by atomic mass is 10.2. The molecule has 0 aliphatic heterocycles. The summed E-state index contributed by atoms with van der Waals surface area (Å²) in [5, 5.41) is 11.8. The van der Waals surface area contributed by atoms with E-state index < -0.39 is 0 Å². The van der Waals surface area contributed by atoms with Crippen molar-refractivity contribution < 1.29 is 14.3 Å². The minimum absolute atomic E-state index is 0.152. The van der Waals surface area contributed by atoms with Crippen molar-refractivity contribution in [2.24, 2.45) is 0 Å². The minimum Gasteiger partial charge on any atom is -0.484 e. The fraction of sp³-hybridized carbons (Fsp3) is 0.0588. The molecule has 0 saturated heterocycles. The summed E-state index contributed by atoms with van der Waals surface area (Å²) in [5.41, 5.74) is 1.50. The molecule has 0 radical (unpaired) electrons. The van der Waals surface area contributed by atoms with Crippen molar-refractivity contribution in [3.8, 4) is 16.3 Å². The van der Waals surface area contributed by atoms with Crippen LogP contribution in [0, 0.1) is 0 Å². The highest BCUT2D eigenvalue weighted by atomic mass is 32.1. The molecule has 1 amide bonds. The highest BCUT2D eigenvalue weighted by Gasteiger charge is 2.10. The Kier molecular flexibility index (Phi) is 4.93. The molecular formula is C17H13N3O3S. The number of rotatable bonds is 6. The van der Waals surface area contributed by atoms with Crippen molar-refractivity contribution in [1.82, 2.24) is 10.2 Å². The number of aromatic nitrogens is 2. The third-order valence-electron chi connectivity index (χ3n) is 3.08. The molecule has 0 fully saturated rings. The van der Waals surface area contributed by atoms with E-state index in [1.165, 1.54) is 11.3 Å². The minimum atomic E-state index is -0.328. The lowest BCUT2D eigenvalue weighted by Crippen LogP contribution is -2.20. The van der Waals surface area contributed by atoms with E-state index >= 15 is 0 Å². The number of hydrogen-bond donors (Lipinski definition) is 1. The molecule has 0 aliphatic rings. The van der Waals surface area contributed by atoms with Crippen LogP contribution in [0.1, 0.15) is 10.4 Å². The molecule has 1 N–H and O–H groups in total. The molecule has 24 heavy (non-hydrogen) atoms. The molecule has 0 spiro atoms. The zero-order valence-corrected chi connectivity index (χ0v) is 13.3. The van der Waals surface area contributed by atoms with Crippen LogP contribution in [0.15, 0.2) is 54.6 Å². The topological polar surface area (TPSA) is 81.2 Å². The molecule has 1 aromatic heterocycles. The number of hydrogen-bond acceptors (Lipinski definition) is 6. The zero-order valence-electron chi connectivity index (χ0n) is 12.5. The first-order chi connectivity index (χ1) is 11.7. The monoisotopic (exact) mass is 339 g/mol. The van der Waals surface area contributed by atoms with Gasteiger partial charge in [0.05, 0.1) is 0 Å². The van der Waals surface area contributed by atoms with Gasteiger partial charge >= 0.3 is 0 Å². The molecule has 7 heteroatoms. The summed E-state index contributed by atoms with van der Waals surface area (Å²) in [6, 6.07) is 16.1. The van der Waals surface area contributed by atoms with E-state index in [2.05, 4.69) is 15.5 Å². The average molecular weight is 339 g/mol. The molecule has 3 aromatic rings. The molecule has 0 saturated carbocycles. The lowest BCUT2D eigenvalue weighted by Gasteiger charge is -2.05.